The van der Waals surface area contributed by atoms with Crippen LogP contribution in [0.15, 0.2) is 42.5 Å². The third-order valence-electron chi connectivity index (χ3n) is 5.82. The van der Waals surface area contributed by atoms with Gasteiger partial charge in [0, 0.05) is 37.8 Å². The van der Waals surface area contributed by atoms with Crippen LogP contribution in [0.25, 0.3) is 0 Å². The molecule has 0 saturated carbocycles. The Bertz CT molecular complexity index is 856. The smallest absolute Gasteiger partial charge is 0.255 e. The lowest BCUT2D eigenvalue weighted by molar-refractivity contribution is -0.131. The molecule has 154 valence electrons. The molecule has 3 rings (SSSR count). The first-order valence-electron chi connectivity index (χ1n) is 10.4. The molecule has 0 atom stereocenters. The molecule has 0 bridgehead atoms. The Labute approximate surface area is 173 Å². The van der Waals surface area contributed by atoms with Crippen molar-refractivity contribution in [1.29, 1.82) is 0 Å². The van der Waals surface area contributed by atoms with Crippen LogP contribution in [0.5, 0.6) is 0 Å². The average Bonchev–Trinajstić information content (AvgIpc) is 2.73. The lowest BCUT2D eigenvalue weighted by Crippen LogP contribution is -2.39. The summed E-state index contributed by atoms with van der Waals surface area (Å²) in [4.78, 5) is 34.1. The highest BCUT2D eigenvalue weighted by atomic mass is 16.2. The average molecular weight is 394 g/mol. The normalized spacial score (nSPS) is 14.9. The molecule has 1 aliphatic rings. The number of nitrogens with zero attached hydrogens (tertiary/aromatic N) is 3. The summed E-state index contributed by atoms with van der Waals surface area (Å²) in [5.41, 5.74) is 3.55. The number of aryl methyl sites for hydroxylation is 1. The fraction of sp³-hybridized carbons (Fsp3) is 0.458. The molecule has 0 unspecified atom stereocenters. The highest BCUT2D eigenvalue weighted by Crippen LogP contribution is 2.30. The predicted molar refractivity (Wildman–Crippen MR) is 115 cm³/mol. The number of carbonyl (C=O) groups is 2. The van der Waals surface area contributed by atoms with Crippen molar-refractivity contribution in [3.05, 3.63) is 65.0 Å². The van der Waals surface area contributed by atoms with Gasteiger partial charge in [0.05, 0.1) is 17.7 Å². The minimum absolute atomic E-state index is 0.0186. The molecule has 0 N–H and O–H groups in total. The second-order valence-corrected chi connectivity index (χ2v) is 8.21. The van der Waals surface area contributed by atoms with E-state index >= 15 is 0 Å². The Balaban J connectivity index is 1.70. The molecule has 2 amide bonds. The number of hydrogen-bond acceptors (Lipinski definition) is 3. The van der Waals surface area contributed by atoms with E-state index in [-0.39, 0.29) is 23.8 Å². The van der Waals surface area contributed by atoms with Gasteiger partial charge in [-0.3, -0.25) is 14.6 Å². The monoisotopic (exact) mass is 393 g/mol. The Morgan fingerprint density at radius 2 is 1.76 bits per heavy atom. The van der Waals surface area contributed by atoms with Crippen molar-refractivity contribution in [1.82, 2.24) is 14.8 Å². The van der Waals surface area contributed by atoms with Crippen molar-refractivity contribution < 1.29 is 9.59 Å². The van der Waals surface area contributed by atoms with Gasteiger partial charge in [-0.05, 0) is 51.3 Å². The number of aromatic nitrogens is 1. The van der Waals surface area contributed by atoms with Crippen molar-refractivity contribution >= 4 is 11.8 Å². The molecule has 2 aromatic rings. The van der Waals surface area contributed by atoms with E-state index in [2.05, 4.69) is 0 Å². The maximum absolute atomic E-state index is 13.0. The summed E-state index contributed by atoms with van der Waals surface area (Å²) >= 11 is 0. The molecule has 1 aromatic heterocycles. The fourth-order valence-electron chi connectivity index (χ4n) is 3.78. The maximum atomic E-state index is 13.0. The van der Waals surface area contributed by atoms with E-state index in [0.717, 1.165) is 29.8 Å². The standard InChI is InChI=1S/C24H31N3O2/c1-17(2)26(4)24(29)21-11-10-18(3)25-23(21)20-12-14-27(15-13-20)22(28)16-19-8-6-5-7-9-19/h5-11,17,20H,12-16H2,1-4H3. The summed E-state index contributed by atoms with van der Waals surface area (Å²) in [6, 6.07) is 13.8. The zero-order valence-electron chi connectivity index (χ0n) is 17.9. The van der Waals surface area contributed by atoms with Crippen molar-refractivity contribution in [2.75, 3.05) is 20.1 Å². The first-order chi connectivity index (χ1) is 13.9. The van der Waals surface area contributed by atoms with Crippen LogP contribution in [0, 0.1) is 6.92 Å². The van der Waals surface area contributed by atoms with Gasteiger partial charge in [0.15, 0.2) is 0 Å². The number of benzene rings is 1. The minimum Gasteiger partial charge on any atom is -0.342 e. The molecule has 5 heteroatoms. The zero-order chi connectivity index (χ0) is 21.0. The van der Waals surface area contributed by atoms with E-state index in [0.29, 0.717) is 25.1 Å². The molecule has 1 saturated heterocycles. The number of likely N-dealkylation sites (tertiary alicyclic amines) is 1. The highest BCUT2D eigenvalue weighted by Gasteiger charge is 2.29. The molecule has 0 radical (unpaired) electrons. The van der Waals surface area contributed by atoms with Gasteiger partial charge >= 0.3 is 0 Å². The van der Waals surface area contributed by atoms with Crippen LogP contribution in [-0.2, 0) is 11.2 Å². The Kier molecular flexibility index (Phi) is 6.68. The first kappa shape index (κ1) is 21.0. The maximum Gasteiger partial charge on any atom is 0.255 e. The van der Waals surface area contributed by atoms with Gasteiger partial charge in [0.25, 0.3) is 5.91 Å². The van der Waals surface area contributed by atoms with Crippen molar-refractivity contribution in [3.63, 3.8) is 0 Å². The van der Waals surface area contributed by atoms with Crippen LogP contribution in [0.4, 0.5) is 0 Å². The molecule has 1 aromatic carbocycles. The summed E-state index contributed by atoms with van der Waals surface area (Å²) < 4.78 is 0. The third-order valence-corrected chi connectivity index (χ3v) is 5.82. The molecule has 1 aliphatic heterocycles. The number of carbonyl (C=O) groups excluding carboxylic acids is 2. The van der Waals surface area contributed by atoms with E-state index in [4.69, 9.17) is 4.98 Å². The Morgan fingerprint density at radius 3 is 2.38 bits per heavy atom. The third kappa shape index (κ3) is 5.03. The van der Waals surface area contributed by atoms with Crippen LogP contribution in [-0.4, -0.2) is 52.8 Å². The summed E-state index contributed by atoms with van der Waals surface area (Å²) in [7, 11) is 1.83. The number of amides is 2. The van der Waals surface area contributed by atoms with Crippen molar-refractivity contribution in [2.24, 2.45) is 0 Å². The van der Waals surface area contributed by atoms with Gasteiger partial charge in [-0.25, -0.2) is 0 Å². The summed E-state index contributed by atoms with van der Waals surface area (Å²) in [5.74, 6) is 0.392. The van der Waals surface area contributed by atoms with Crippen LogP contribution in [0.1, 0.15) is 59.9 Å². The first-order valence-corrected chi connectivity index (χ1v) is 10.4. The molecule has 0 aliphatic carbocycles. The van der Waals surface area contributed by atoms with Gasteiger partial charge < -0.3 is 9.80 Å². The van der Waals surface area contributed by atoms with Gasteiger partial charge in [0.1, 0.15) is 0 Å². The molecular formula is C24H31N3O2. The van der Waals surface area contributed by atoms with Gasteiger partial charge in [-0.2, -0.15) is 0 Å². The molecular weight excluding hydrogens is 362 g/mol. The lowest BCUT2D eigenvalue weighted by atomic mass is 9.89. The topological polar surface area (TPSA) is 53.5 Å². The van der Waals surface area contributed by atoms with E-state index in [1.54, 1.807) is 4.90 Å². The fourth-order valence-corrected chi connectivity index (χ4v) is 3.78. The van der Waals surface area contributed by atoms with E-state index in [1.165, 1.54) is 0 Å². The SMILES string of the molecule is Cc1ccc(C(=O)N(C)C(C)C)c(C2CCN(C(=O)Cc3ccccc3)CC2)n1. The van der Waals surface area contributed by atoms with E-state index in [9.17, 15) is 9.59 Å². The molecule has 5 nitrogen and oxygen atoms in total. The number of piperidine rings is 1. The van der Waals surface area contributed by atoms with Gasteiger partial charge in [-0.1, -0.05) is 30.3 Å². The van der Waals surface area contributed by atoms with E-state index < -0.39 is 0 Å². The number of hydrogen-bond donors (Lipinski definition) is 0. The Morgan fingerprint density at radius 1 is 1.10 bits per heavy atom. The van der Waals surface area contributed by atoms with Crippen LogP contribution >= 0.6 is 0 Å². The second-order valence-electron chi connectivity index (χ2n) is 8.21. The lowest BCUT2D eigenvalue weighted by Gasteiger charge is -2.33. The largest absolute Gasteiger partial charge is 0.342 e. The van der Waals surface area contributed by atoms with Gasteiger partial charge in [0.2, 0.25) is 5.91 Å². The van der Waals surface area contributed by atoms with Crippen LogP contribution < -0.4 is 0 Å². The number of rotatable bonds is 5. The molecule has 2 heterocycles. The van der Waals surface area contributed by atoms with Crippen LogP contribution in [0.2, 0.25) is 0 Å². The molecule has 29 heavy (non-hydrogen) atoms. The minimum atomic E-state index is 0.0186. The van der Waals surface area contributed by atoms with Crippen LogP contribution in [0.3, 0.4) is 0 Å². The van der Waals surface area contributed by atoms with E-state index in [1.807, 2.05) is 75.2 Å². The Hall–Kier alpha value is -2.69. The second kappa shape index (κ2) is 9.21. The quantitative estimate of drug-likeness (QED) is 0.776. The zero-order valence-corrected chi connectivity index (χ0v) is 17.9. The summed E-state index contributed by atoms with van der Waals surface area (Å²) in [6.07, 6.45) is 2.11. The summed E-state index contributed by atoms with van der Waals surface area (Å²) in [5, 5.41) is 0. The van der Waals surface area contributed by atoms with Crippen molar-refractivity contribution in [3.8, 4) is 0 Å². The van der Waals surface area contributed by atoms with Crippen molar-refractivity contribution in [2.45, 2.75) is 52.0 Å². The predicted octanol–water partition coefficient (Wildman–Crippen LogP) is 3.82. The molecule has 0 spiro atoms. The van der Waals surface area contributed by atoms with Gasteiger partial charge in [-0.15, -0.1) is 0 Å². The summed E-state index contributed by atoms with van der Waals surface area (Å²) in [6.45, 7) is 7.40. The molecule has 1 fully saturated rings. The number of pyridine rings is 1. The highest BCUT2D eigenvalue weighted by molar-refractivity contribution is 5.95.